The van der Waals surface area contributed by atoms with Crippen molar-refractivity contribution < 1.29 is 9.13 Å². The first kappa shape index (κ1) is 16.5. The lowest BCUT2D eigenvalue weighted by Crippen LogP contribution is -2.40. The Bertz CT molecular complexity index is 988. The van der Waals surface area contributed by atoms with E-state index in [4.69, 9.17) is 9.72 Å². The maximum Gasteiger partial charge on any atom is 0.161 e. The highest BCUT2D eigenvalue weighted by Crippen LogP contribution is 2.31. The van der Waals surface area contributed by atoms with Crippen LogP contribution in [-0.4, -0.2) is 38.7 Å². The average Bonchev–Trinajstić information content (AvgIpc) is 3.05. The van der Waals surface area contributed by atoms with Crippen LogP contribution in [0.4, 0.5) is 10.2 Å². The molecule has 5 rings (SSSR count). The van der Waals surface area contributed by atoms with Crippen molar-refractivity contribution in [3.63, 3.8) is 0 Å². The van der Waals surface area contributed by atoms with E-state index >= 15 is 0 Å². The van der Waals surface area contributed by atoms with Gasteiger partial charge >= 0.3 is 0 Å². The van der Waals surface area contributed by atoms with Gasteiger partial charge in [0.25, 0.3) is 0 Å². The highest BCUT2D eigenvalue weighted by Gasteiger charge is 2.25. The smallest absolute Gasteiger partial charge is 0.161 e. The van der Waals surface area contributed by atoms with Gasteiger partial charge in [0.05, 0.1) is 12.2 Å². The Labute approximate surface area is 157 Å². The fourth-order valence-electron chi connectivity index (χ4n) is 4.05. The summed E-state index contributed by atoms with van der Waals surface area (Å²) in [6.07, 6.45) is 5.97. The van der Waals surface area contributed by atoms with Crippen molar-refractivity contribution in [2.75, 3.05) is 18.4 Å². The van der Waals surface area contributed by atoms with Gasteiger partial charge in [0, 0.05) is 30.4 Å². The summed E-state index contributed by atoms with van der Waals surface area (Å²) in [7, 11) is 0. The summed E-state index contributed by atoms with van der Waals surface area (Å²) in [5, 5.41) is 7.81. The molecule has 6 nitrogen and oxygen atoms in total. The molecule has 27 heavy (non-hydrogen) atoms. The lowest BCUT2D eigenvalue weighted by Gasteiger charge is -2.33. The number of nitrogens with one attached hydrogen (secondary N) is 1. The lowest BCUT2D eigenvalue weighted by molar-refractivity contribution is 0.0835. The van der Waals surface area contributed by atoms with Gasteiger partial charge in [-0.05, 0) is 50.6 Å². The van der Waals surface area contributed by atoms with Gasteiger partial charge in [-0.3, -0.25) is 4.90 Å². The molecule has 3 aromatic rings. The number of nitrogens with zero attached hydrogens (tertiary/aromatic N) is 4. The van der Waals surface area contributed by atoms with Gasteiger partial charge in [0.2, 0.25) is 0 Å². The Balaban J connectivity index is 1.62. The molecule has 3 atom stereocenters. The first-order valence-corrected chi connectivity index (χ1v) is 9.44. The summed E-state index contributed by atoms with van der Waals surface area (Å²) in [6, 6.07) is 6.51. The predicted octanol–water partition coefficient (Wildman–Crippen LogP) is 3.40. The molecule has 1 fully saturated rings. The van der Waals surface area contributed by atoms with Crippen LogP contribution in [0.2, 0.25) is 0 Å². The molecule has 140 valence electrons. The van der Waals surface area contributed by atoms with E-state index in [2.05, 4.69) is 15.3 Å². The summed E-state index contributed by atoms with van der Waals surface area (Å²) in [5.74, 6) is 1.22. The number of ether oxygens (including phenoxy) is 1. The van der Waals surface area contributed by atoms with Gasteiger partial charge < -0.3 is 10.1 Å². The van der Waals surface area contributed by atoms with Gasteiger partial charge in [-0.2, -0.15) is 5.10 Å². The molecule has 1 unspecified atom stereocenters. The van der Waals surface area contributed by atoms with E-state index in [-0.39, 0.29) is 18.0 Å². The zero-order valence-electron chi connectivity index (χ0n) is 15.2. The maximum atomic E-state index is 13.9. The summed E-state index contributed by atoms with van der Waals surface area (Å²) >= 11 is 0. The largest absolute Gasteiger partial charge is 0.489 e. The predicted molar refractivity (Wildman–Crippen MR) is 100 cm³/mol. The van der Waals surface area contributed by atoms with E-state index in [0.29, 0.717) is 0 Å². The Morgan fingerprint density at radius 2 is 2.22 bits per heavy atom. The first-order valence-electron chi connectivity index (χ1n) is 9.44. The van der Waals surface area contributed by atoms with Crippen LogP contribution in [0.1, 0.15) is 36.9 Å². The molecule has 1 saturated heterocycles. The van der Waals surface area contributed by atoms with E-state index in [0.717, 1.165) is 60.8 Å². The Morgan fingerprint density at radius 1 is 1.30 bits per heavy atom. The van der Waals surface area contributed by atoms with Crippen LogP contribution >= 0.6 is 0 Å². The second kappa shape index (κ2) is 6.49. The number of fused-ring (bicyclic) bond motifs is 4. The fraction of sp³-hybridized carbons (Fsp3) is 0.400. The zero-order valence-corrected chi connectivity index (χ0v) is 15.2. The Morgan fingerprint density at radius 3 is 3.15 bits per heavy atom. The van der Waals surface area contributed by atoms with E-state index in [1.54, 1.807) is 16.6 Å². The molecule has 0 amide bonds. The zero-order chi connectivity index (χ0) is 18.4. The van der Waals surface area contributed by atoms with Gasteiger partial charge in [0.15, 0.2) is 5.65 Å². The number of piperidine rings is 1. The molecule has 2 aliphatic heterocycles. The third-order valence-electron chi connectivity index (χ3n) is 5.39. The average molecular weight is 367 g/mol. The van der Waals surface area contributed by atoms with Crippen LogP contribution in [0.15, 0.2) is 36.7 Å². The maximum absolute atomic E-state index is 13.9. The molecule has 2 aromatic heterocycles. The number of aromatic nitrogens is 3. The van der Waals surface area contributed by atoms with E-state index < -0.39 is 0 Å². The molecule has 7 heteroatoms. The van der Waals surface area contributed by atoms with Crippen molar-refractivity contribution in [2.24, 2.45) is 0 Å². The number of rotatable bonds is 0. The molecule has 1 aromatic carbocycles. The van der Waals surface area contributed by atoms with Crippen LogP contribution in [-0.2, 0) is 6.54 Å². The molecule has 2 aliphatic rings. The van der Waals surface area contributed by atoms with Crippen LogP contribution < -0.4 is 10.1 Å². The van der Waals surface area contributed by atoms with E-state index in [9.17, 15) is 4.39 Å². The summed E-state index contributed by atoms with van der Waals surface area (Å²) in [4.78, 5) is 7.15. The molecule has 0 spiro atoms. The second-order valence-electron chi connectivity index (χ2n) is 7.42. The fourth-order valence-corrected chi connectivity index (χ4v) is 4.05. The number of benzene rings is 1. The normalized spacial score (nSPS) is 24.9. The van der Waals surface area contributed by atoms with Crippen molar-refractivity contribution in [3.8, 4) is 5.75 Å². The molecule has 1 N–H and O–H groups in total. The monoisotopic (exact) mass is 367 g/mol. The van der Waals surface area contributed by atoms with Crippen LogP contribution in [0.5, 0.6) is 5.75 Å². The number of halogens is 1. The van der Waals surface area contributed by atoms with Crippen molar-refractivity contribution in [1.29, 1.82) is 0 Å². The quantitative estimate of drug-likeness (QED) is 0.660. The third kappa shape index (κ3) is 3.12. The highest BCUT2D eigenvalue weighted by atomic mass is 19.1. The minimum Gasteiger partial charge on any atom is -0.489 e. The topological polar surface area (TPSA) is 54.7 Å². The van der Waals surface area contributed by atoms with Crippen LogP contribution in [0, 0.1) is 5.82 Å². The molecular formula is C20H22FN5O. The summed E-state index contributed by atoms with van der Waals surface area (Å²) in [6.45, 7) is 4.67. The summed E-state index contributed by atoms with van der Waals surface area (Å²) < 4.78 is 22.1. The number of hydrogen-bond acceptors (Lipinski definition) is 5. The van der Waals surface area contributed by atoms with Crippen molar-refractivity contribution in [2.45, 2.75) is 38.5 Å². The molecule has 4 bridgehead atoms. The highest BCUT2D eigenvalue weighted by molar-refractivity contribution is 5.53. The van der Waals surface area contributed by atoms with Crippen molar-refractivity contribution in [3.05, 3.63) is 53.6 Å². The standard InChI is InChI=1S/C20H22FN5O/c1-13-17-9-15(21)4-5-18(17)27-16-3-2-7-25(12-16)11-14-10-22-26-8-6-19(23-13)24-20(14)26/h4-6,8-10,13,16H,2-3,7,11-12H2,1H3,(H,23,24)/t13-,16-/m1/s1. The van der Waals surface area contributed by atoms with Gasteiger partial charge in [-0.15, -0.1) is 0 Å². The van der Waals surface area contributed by atoms with Gasteiger partial charge in [-0.25, -0.2) is 13.9 Å². The Kier molecular flexibility index (Phi) is 3.97. The molecule has 0 radical (unpaired) electrons. The minimum atomic E-state index is -0.262. The van der Waals surface area contributed by atoms with E-state index in [1.165, 1.54) is 6.07 Å². The van der Waals surface area contributed by atoms with Gasteiger partial charge in [-0.1, -0.05) is 0 Å². The van der Waals surface area contributed by atoms with Crippen molar-refractivity contribution in [1.82, 2.24) is 19.5 Å². The van der Waals surface area contributed by atoms with Crippen LogP contribution in [0.3, 0.4) is 0 Å². The first-order chi connectivity index (χ1) is 13.2. The number of hydrogen-bond donors (Lipinski definition) is 1. The van der Waals surface area contributed by atoms with E-state index in [1.807, 2.05) is 25.4 Å². The molecule has 0 aliphatic carbocycles. The van der Waals surface area contributed by atoms with Crippen LogP contribution in [0.25, 0.3) is 5.65 Å². The van der Waals surface area contributed by atoms with Crippen molar-refractivity contribution >= 4 is 11.5 Å². The Hall–Kier alpha value is -2.67. The third-order valence-corrected chi connectivity index (χ3v) is 5.39. The molecule has 0 saturated carbocycles. The SMILES string of the molecule is C[C@H]1Nc2ccn3ncc(c3n2)CN2CCC[C@H](C2)Oc2ccc(F)cc21. The number of anilines is 1. The molecular weight excluding hydrogens is 345 g/mol. The lowest BCUT2D eigenvalue weighted by atomic mass is 10.1. The summed E-state index contributed by atoms with van der Waals surface area (Å²) in [5.41, 5.74) is 2.77. The molecule has 4 heterocycles. The minimum absolute atomic E-state index is 0.0954. The second-order valence-corrected chi connectivity index (χ2v) is 7.42. The van der Waals surface area contributed by atoms with Gasteiger partial charge in [0.1, 0.15) is 23.5 Å².